The number of halogens is 1. The molecule has 0 amide bonds. The Hall–Kier alpha value is -0.550. The number of aryl methyl sites for hydroxylation is 1. The maximum absolute atomic E-state index is 11.3. The van der Waals surface area contributed by atoms with Crippen LogP contribution in [0.15, 0.2) is 22.7 Å². The summed E-state index contributed by atoms with van der Waals surface area (Å²) in [7, 11) is -2.88. The summed E-state index contributed by atoms with van der Waals surface area (Å²) in [5.41, 5.74) is 2.09. The standard InChI is InChI=1S/C11H16BrNO2S/c1-3-16(14,15)7-6-13-10-5-4-9(2)11(12)8-10/h4-5,8,13H,3,6-7H2,1-2H3. The predicted molar refractivity (Wildman–Crippen MR) is 71.7 cm³/mol. The van der Waals surface area contributed by atoms with Crippen LogP contribution in [0.25, 0.3) is 0 Å². The van der Waals surface area contributed by atoms with Gasteiger partial charge in [-0.05, 0) is 24.6 Å². The summed E-state index contributed by atoms with van der Waals surface area (Å²) in [5.74, 6) is 0.376. The molecule has 0 fully saturated rings. The highest BCUT2D eigenvalue weighted by atomic mass is 79.9. The first-order valence-electron chi connectivity index (χ1n) is 5.15. The molecule has 0 spiro atoms. The van der Waals surface area contributed by atoms with E-state index in [0.29, 0.717) is 6.54 Å². The largest absolute Gasteiger partial charge is 0.384 e. The lowest BCUT2D eigenvalue weighted by molar-refractivity contribution is 0.597. The van der Waals surface area contributed by atoms with E-state index < -0.39 is 9.84 Å². The fourth-order valence-electron chi connectivity index (χ4n) is 1.20. The minimum Gasteiger partial charge on any atom is -0.384 e. The zero-order valence-electron chi connectivity index (χ0n) is 9.46. The van der Waals surface area contributed by atoms with Gasteiger partial charge in [0.1, 0.15) is 0 Å². The first kappa shape index (κ1) is 13.5. The van der Waals surface area contributed by atoms with Crippen LogP contribution in [0.4, 0.5) is 5.69 Å². The topological polar surface area (TPSA) is 46.2 Å². The second kappa shape index (κ2) is 5.68. The number of rotatable bonds is 5. The van der Waals surface area contributed by atoms with Crippen LogP contribution in [0, 0.1) is 6.92 Å². The van der Waals surface area contributed by atoms with E-state index in [9.17, 15) is 8.42 Å². The smallest absolute Gasteiger partial charge is 0.151 e. The van der Waals surface area contributed by atoms with Gasteiger partial charge in [0.05, 0.1) is 5.75 Å². The van der Waals surface area contributed by atoms with Crippen LogP contribution in [0.5, 0.6) is 0 Å². The van der Waals surface area contributed by atoms with Gasteiger partial charge in [0.2, 0.25) is 0 Å². The quantitative estimate of drug-likeness (QED) is 0.909. The Morgan fingerprint density at radius 2 is 2.06 bits per heavy atom. The monoisotopic (exact) mass is 305 g/mol. The molecule has 16 heavy (non-hydrogen) atoms. The molecular formula is C11H16BrNO2S. The van der Waals surface area contributed by atoms with Crippen molar-refractivity contribution in [2.45, 2.75) is 13.8 Å². The Kier molecular flexibility index (Phi) is 4.80. The van der Waals surface area contributed by atoms with Gasteiger partial charge in [-0.1, -0.05) is 28.9 Å². The molecule has 0 aliphatic carbocycles. The third-order valence-electron chi connectivity index (χ3n) is 2.35. The highest BCUT2D eigenvalue weighted by Gasteiger charge is 2.06. The van der Waals surface area contributed by atoms with Gasteiger partial charge in [0, 0.05) is 22.5 Å². The fraction of sp³-hybridized carbons (Fsp3) is 0.455. The van der Waals surface area contributed by atoms with E-state index in [1.54, 1.807) is 6.92 Å². The zero-order valence-corrected chi connectivity index (χ0v) is 11.9. The van der Waals surface area contributed by atoms with Crippen LogP contribution < -0.4 is 5.32 Å². The molecule has 1 aromatic carbocycles. The molecule has 0 aromatic heterocycles. The van der Waals surface area contributed by atoms with Crippen LogP contribution in [0.1, 0.15) is 12.5 Å². The molecule has 90 valence electrons. The van der Waals surface area contributed by atoms with Gasteiger partial charge in [0.25, 0.3) is 0 Å². The molecule has 0 radical (unpaired) electrons. The number of benzene rings is 1. The molecule has 0 unspecified atom stereocenters. The maximum Gasteiger partial charge on any atom is 0.151 e. The van der Waals surface area contributed by atoms with Gasteiger partial charge in [-0.2, -0.15) is 0 Å². The summed E-state index contributed by atoms with van der Waals surface area (Å²) in [5, 5.41) is 3.09. The van der Waals surface area contributed by atoms with Crippen molar-refractivity contribution in [2.24, 2.45) is 0 Å². The van der Waals surface area contributed by atoms with Gasteiger partial charge in [-0.25, -0.2) is 8.42 Å². The Morgan fingerprint density at radius 1 is 1.38 bits per heavy atom. The third kappa shape index (κ3) is 4.14. The van der Waals surface area contributed by atoms with Crippen LogP contribution in [0.3, 0.4) is 0 Å². The Labute approximate surface area is 105 Å². The van der Waals surface area contributed by atoms with Crippen molar-refractivity contribution in [1.82, 2.24) is 0 Å². The first-order chi connectivity index (χ1) is 7.44. The molecular weight excluding hydrogens is 290 g/mol. The van der Waals surface area contributed by atoms with Crippen molar-refractivity contribution in [3.8, 4) is 0 Å². The summed E-state index contributed by atoms with van der Waals surface area (Å²) < 4.78 is 23.5. The molecule has 0 aliphatic rings. The third-order valence-corrected chi connectivity index (χ3v) is 4.91. The molecule has 0 atom stereocenters. The molecule has 0 saturated heterocycles. The molecule has 3 nitrogen and oxygen atoms in total. The Morgan fingerprint density at radius 3 is 2.62 bits per heavy atom. The lowest BCUT2D eigenvalue weighted by atomic mass is 10.2. The molecule has 1 N–H and O–H groups in total. The SMILES string of the molecule is CCS(=O)(=O)CCNc1ccc(C)c(Br)c1. The van der Waals surface area contributed by atoms with E-state index >= 15 is 0 Å². The Bertz CT molecular complexity index is 457. The summed E-state index contributed by atoms with van der Waals surface area (Å²) in [4.78, 5) is 0. The van der Waals surface area contributed by atoms with Crippen LogP contribution in [-0.2, 0) is 9.84 Å². The minimum absolute atomic E-state index is 0.176. The van der Waals surface area contributed by atoms with Gasteiger partial charge in [0.15, 0.2) is 9.84 Å². The van der Waals surface area contributed by atoms with Gasteiger partial charge in [-0.3, -0.25) is 0 Å². The average Bonchev–Trinajstić information content (AvgIpc) is 2.23. The maximum atomic E-state index is 11.3. The fourth-order valence-corrected chi connectivity index (χ4v) is 2.28. The van der Waals surface area contributed by atoms with Gasteiger partial charge < -0.3 is 5.32 Å². The number of nitrogens with one attached hydrogen (secondary N) is 1. The minimum atomic E-state index is -2.88. The van der Waals surface area contributed by atoms with Gasteiger partial charge in [-0.15, -0.1) is 0 Å². The number of anilines is 1. The second-order valence-corrected chi connectivity index (χ2v) is 6.95. The van der Waals surface area contributed by atoms with Gasteiger partial charge >= 0.3 is 0 Å². The van der Waals surface area contributed by atoms with E-state index in [2.05, 4.69) is 21.2 Å². The van der Waals surface area contributed by atoms with E-state index in [0.717, 1.165) is 15.7 Å². The molecule has 1 aromatic rings. The van der Waals surface area contributed by atoms with Crippen LogP contribution in [0.2, 0.25) is 0 Å². The highest BCUT2D eigenvalue weighted by Crippen LogP contribution is 2.20. The van der Waals surface area contributed by atoms with Crippen molar-refractivity contribution in [1.29, 1.82) is 0 Å². The van der Waals surface area contributed by atoms with Crippen LogP contribution >= 0.6 is 15.9 Å². The summed E-state index contributed by atoms with van der Waals surface area (Å²) in [6.07, 6.45) is 0. The van der Waals surface area contributed by atoms with Crippen molar-refractivity contribution in [3.05, 3.63) is 28.2 Å². The van der Waals surface area contributed by atoms with Crippen LogP contribution in [-0.4, -0.2) is 26.5 Å². The van der Waals surface area contributed by atoms with Crippen molar-refractivity contribution in [3.63, 3.8) is 0 Å². The van der Waals surface area contributed by atoms with Crippen molar-refractivity contribution >= 4 is 31.5 Å². The molecule has 5 heteroatoms. The van der Waals surface area contributed by atoms with E-state index in [1.165, 1.54) is 0 Å². The molecule has 0 bridgehead atoms. The van der Waals surface area contributed by atoms with Crippen molar-refractivity contribution < 1.29 is 8.42 Å². The molecule has 0 heterocycles. The predicted octanol–water partition coefficient (Wildman–Crippen LogP) is 2.60. The Balaban J connectivity index is 2.53. The van der Waals surface area contributed by atoms with Crippen molar-refractivity contribution in [2.75, 3.05) is 23.4 Å². The summed E-state index contributed by atoms with van der Waals surface area (Å²) >= 11 is 3.43. The number of sulfone groups is 1. The highest BCUT2D eigenvalue weighted by molar-refractivity contribution is 9.10. The molecule has 0 aliphatic heterocycles. The van der Waals surface area contributed by atoms with E-state index in [1.807, 2.05) is 25.1 Å². The normalized spacial score (nSPS) is 11.4. The molecule has 0 saturated carbocycles. The molecule has 1 rings (SSSR count). The summed E-state index contributed by atoms with van der Waals surface area (Å²) in [6.45, 7) is 4.12. The number of hydrogen-bond acceptors (Lipinski definition) is 3. The average molecular weight is 306 g/mol. The first-order valence-corrected chi connectivity index (χ1v) is 7.76. The number of hydrogen-bond donors (Lipinski definition) is 1. The summed E-state index contributed by atoms with van der Waals surface area (Å²) in [6, 6.07) is 5.88. The van der Waals surface area contributed by atoms with E-state index in [-0.39, 0.29) is 11.5 Å². The van der Waals surface area contributed by atoms with E-state index in [4.69, 9.17) is 0 Å². The lowest BCUT2D eigenvalue weighted by Crippen LogP contribution is -2.17. The second-order valence-electron chi connectivity index (χ2n) is 3.63. The lowest BCUT2D eigenvalue weighted by Gasteiger charge is -2.07. The zero-order chi connectivity index (χ0) is 12.2.